The van der Waals surface area contributed by atoms with Crippen LogP contribution >= 0.6 is 0 Å². The number of fused-ring (bicyclic) bond motifs is 1. The van der Waals surface area contributed by atoms with Crippen LogP contribution in [-0.2, 0) is 6.54 Å². The quantitative estimate of drug-likeness (QED) is 0.823. The summed E-state index contributed by atoms with van der Waals surface area (Å²) in [4.78, 5) is 24.9. The number of aromatic nitrogens is 2. The number of nitrogens with two attached hydrogens (primary N) is 2. The highest BCUT2D eigenvalue weighted by atomic mass is 16.1. The van der Waals surface area contributed by atoms with E-state index >= 15 is 0 Å². The Morgan fingerprint density at radius 3 is 2.59 bits per heavy atom. The van der Waals surface area contributed by atoms with Crippen molar-refractivity contribution in [1.82, 2.24) is 14.9 Å². The van der Waals surface area contributed by atoms with Crippen LogP contribution in [0.5, 0.6) is 0 Å². The third-order valence-corrected chi connectivity index (χ3v) is 3.99. The van der Waals surface area contributed by atoms with Crippen LogP contribution in [0.1, 0.15) is 16.2 Å². The van der Waals surface area contributed by atoms with Gasteiger partial charge in [-0.25, -0.2) is 9.97 Å². The molecular weight excluding hydrogens is 280 g/mol. The number of hydrogen-bond donors (Lipinski definition) is 2. The van der Waals surface area contributed by atoms with E-state index in [2.05, 4.69) is 26.8 Å². The molecule has 1 aromatic heterocycles. The number of benzene rings is 1. The minimum Gasteiger partial charge on any atom is -0.366 e. The maximum Gasteiger partial charge on any atom is 0.248 e. The van der Waals surface area contributed by atoms with Crippen LogP contribution in [0.15, 0.2) is 18.2 Å². The van der Waals surface area contributed by atoms with Crippen molar-refractivity contribution < 1.29 is 4.79 Å². The highest BCUT2D eigenvalue weighted by molar-refractivity contribution is 5.99. The Balaban J connectivity index is 2.09. The van der Waals surface area contributed by atoms with Crippen LogP contribution in [0.2, 0.25) is 0 Å². The zero-order valence-corrected chi connectivity index (χ0v) is 12.6. The molecule has 1 saturated heterocycles. The summed E-state index contributed by atoms with van der Waals surface area (Å²) >= 11 is 0. The Kier molecular flexibility index (Phi) is 3.91. The lowest BCUT2D eigenvalue weighted by Gasteiger charge is -2.33. The summed E-state index contributed by atoms with van der Waals surface area (Å²) in [6.45, 7) is 4.05. The number of hydrogen-bond acceptors (Lipinski definition) is 6. The number of likely N-dealkylation sites (N-methyl/N-ethyl adjacent to an activating group) is 1. The predicted octanol–water partition coefficient (Wildman–Crippen LogP) is -0.0608. The van der Waals surface area contributed by atoms with Gasteiger partial charge in [0.15, 0.2) is 0 Å². The fourth-order valence-corrected chi connectivity index (χ4v) is 2.66. The summed E-state index contributed by atoms with van der Waals surface area (Å²) in [5, 5.41) is 0.923. The lowest BCUT2D eigenvalue weighted by atomic mass is 10.1. The van der Waals surface area contributed by atoms with Gasteiger partial charge >= 0.3 is 0 Å². The molecule has 0 bridgehead atoms. The lowest BCUT2D eigenvalue weighted by Crippen LogP contribution is -2.45. The molecule has 2 heterocycles. The molecule has 22 heavy (non-hydrogen) atoms. The molecule has 4 N–H and O–H groups in total. The second-order valence-electron chi connectivity index (χ2n) is 5.55. The monoisotopic (exact) mass is 300 g/mol. The van der Waals surface area contributed by atoms with E-state index in [0.717, 1.165) is 37.4 Å². The average molecular weight is 300 g/mol. The molecule has 0 atom stereocenters. The Bertz CT molecular complexity index is 708. The van der Waals surface area contributed by atoms with Gasteiger partial charge in [-0.1, -0.05) is 0 Å². The molecule has 1 aromatic carbocycles. The van der Waals surface area contributed by atoms with E-state index in [1.54, 1.807) is 12.1 Å². The molecule has 0 unspecified atom stereocenters. The third kappa shape index (κ3) is 2.72. The minimum atomic E-state index is -0.462. The molecule has 2 aromatic rings. The molecule has 116 valence electrons. The number of nitrogens with zero attached hydrogens (tertiary/aromatic N) is 4. The van der Waals surface area contributed by atoms with Crippen molar-refractivity contribution in [3.05, 3.63) is 29.6 Å². The molecule has 0 spiro atoms. The van der Waals surface area contributed by atoms with Gasteiger partial charge in [0.25, 0.3) is 0 Å². The first-order valence-corrected chi connectivity index (χ1v) is 7.32. The van der Waals surface area contributed by atoms with Crippen LogP contribution in [0, 0.1) is 0 Å². The van der Waals surface area contributed by atoms with E-state index in [1.165, 1.54) is 0 Å². The van der Waals surface area contributed by atoms with E-state index < -0.39 is 5.91 Å². The van der Waals surface area contributed by atoms with Crippen molar-refractivity contribution >= 4 is 22.6 Å². The second-order valence-corrected chi connectivity index (χ2v) is 5.55. The van der Waals surface area contributed by atoms with E-state index in [0.29, 0.717) is 16.9 Å². The summed E-state index contributed by atoms with van der Waals surface area (Å²) in [7, 11) is 2.11. The Morgan fingerprint density at radius 1 is 1.23 bits per heavy atom. The highest BCUT2D eigenvalue weighted by Crippen LogP contribution is 2.25. The van der Waals surface area contributed by atoms with Crippen molar-refractivity contribution in [2.45, 2.75) is 6.54 Å². The van der Waals surface area contributed by atoms with Crippen LogP contribution in [0.4, 0.5) is 5.82 Å². The summed E-state index contributed by atoms with van der Waals surface area (Å²) in [6, 6.07) is 5.29. The summed E-state index contributed by atoms with van der Waals surface area (Å²) in [5.41, 5.74) is 12.2. The fourth-order valence-electron chi connectivity index (χ4n) is 2.66. The van der Waals surface area contributed by atoms with E-state index in [1.807, 2.05) is 6.07 Å². The van der Waals surface area contributed by atoms with E-state index in [9.17, 15) is 4.79 Å². The number of rotatable bonds is 3. The Morgan fingerprint density at radius 2 is 1.95 bits per heavy atom. The first-order chi connectivity index (χ1) is 10.6. The summed E-state index contributed by atoms with van der Waals surface area (Å²) in [6.07, 6.45) is 0. The molecule has 3 rings (SSSR count). The SMILES string of the molecule is CN1CCN(c2nc(CN)nc3cc(C(N)=O)ccc23)CC1. The lowest BCUT2D eigenvalue weighted by molar-refractivity contribution is 0.100. The zero-order valence-electron chi connectivity index (χ0n) is 12.6. The van der Waals surface area contributed by atoms with E-state index in [-0.39, 0.29) is 6.54 Å². The average Bonchev–Trinajstić information content (AvgIpc) is 2.54. The predicted molar refractivity (Wildman–Crippen MR) is 85.7 cm³/mol. The van der Waals surface area contributed by atoms with Gasteiger partial charge in [0.1, 0.15) is 11.6 Å². The molecule has 0 radical (unpaired) electrons. The normalized spacial score (nSPS) is 16.2. The molecule has 1 aliphatic heterocycles. The Hall–Kier alpha value is -2.25. The smallest absolute Gasteiger partial charge is 0.248 e. The van der Waals surface area contributed by atoms with Gasteiger partial charge in [-0.3, -0.25) is 4.79 Å². The first-order valence-electron chi connectivity index (χ1n) is 7.32. The van der Waals surface area contributed by atoms with Crippen molar-refractivity contribution in [1.29, 1.82) is 0 Å². The van der Waals surface area contributed by atoms with Crippen LogP contribution in [-0.4, -0.2) is 54.0 Å². The molecule has 0 saturated carbocycles. The van der Waals surface area contributed by atoms with Crippen molar-refractivity contribution in [2.75, 3.05) is 38.1 Å². The summed E-state index contributed by atoms with van der Waals surface area (Å²) < 4.78 is 0. The van der Waals surface area contributed by atoms with Gasteiger partial charge in [-0.05, 0) is 25.2 Å². The number of piperazine rings is 1. The van der Waals surface area contributed by atoms with Crippen LogP contribution in [0.3, 0.4) is 0 Å². The minimum absolute atomic E-state index is 0.261. The first kappa shape index (κ1) is 14.7. The van der Waals surface area contributed by atoms with Crippen LogP contribution < -0.4 is 16.4 Å². The highest BCUT2D eigenvalue weighted by Gasteiger charge is 2.19. The van der Waals surface area contributed by atoms with Gasteiger partial charge in [-0.2, -0.15) is 0 Å². The Labute approximate surface area is 128 Å². The fraction of sp³-hybridized carbons (Fsp3) is 0.400. The van der Waals surface area contributed by atoms with E-state index in [4.69, 9.17) is 11.5 Å². The number of carbonyl (C=O) groups is 1. The van der Waals surface area contributed by atoms with Gasteiger partial charge in [0.05, 0.1) is 12.1 Å². The van der Waals surface area contributed by atoms with Crippen molar-refractivity contribution in [3.8, 4) is 0 Å². The standard InChI is InChI=1S/C15H20N6O/c1-20-4-6-21(7-5-20)15-11-3-2-10(14(17)22)8-12(11)18-13(9-16)19-15/h2-3,8H,4-7,9,16H2,1H3,(H2,17,22). The number of carbonyl (C=O) groups excluding carboxylic acids is 1. The molecule has 0 aliphatic carbocycles. The number of primary amides is 1. The van der Waals surface area contributed by atoms with Gasteiger partial charge in [0, 0.05) is 37.1 Å². The van der Waals surface area contributed by atoms with Crippen molar-refractivity contribution in [3.63, 3.8) is 0 Å². The van der Waals surface area contributed by atoms with Gasteiger partial charge < -0.3 is 21.3 Å². The van der Waals surface area contributed by atoms with Gasteiger partial charge in [0.2, 0.25) is 5.91 Å². The molecular formula is C15H20N6O. The molecule has 1 aliphatic rings. The topological polar surface area (TPSA) is 101 Å². The van der Waals surface area contributed by atoms with Crippen molar-refractivity contribution in [2.24, 2.45) is 11.5 Å². The molecule has 1 fully saturated rings. The molecule has 7 nitrogen and oxygen atoms in total. The van der Waals surface area contributed by atoms with Crippen LogP contribution in [0.25, 0.3) is 10.9 Å². The zero-order chi connectivity index (χ0) is 15.7. The van der Waals surface area contributed by atoms with Gasteiger partial charge in [-0.15, -0.1) is 0 Å². The molecule has 1 amide bonds. The summed E-state index contributed by atoms with van der Waals surface area (Å²) in [5.74, 6) is 0.994. The second kappa shape index (κ2) is 5.86. The number of anilines is 1. The maximum atomic E-state index is 11.4. The molecule has 7 heteroatoms. The number of amides is 1. The third-order valence-electron chi connectivity index (χ3n) is 3.99. The maximum absolute atomic E-state index is 11.4. The largest absolute Gasteiger partial charge is 0.366 e.